The first-order chi connectivity index (χ1) is 16.9. The van der Waals surface area contributed by atoms with Crippen molar-refractivity contribution in [3.63, 3.8) is 0 Å². The van der Waals surface area contributed by atoms with Gasteiger partial charge in [0.1, 0.15) is 23.4 Å². The van der Waals surface area contributed by atoms with Gasteiger partial charge in [-0.05, 0) is 66.7 Å². The van der Waals surface area contributed by atoms with Crippen LogP contribution in [-0.2, 0) is 33.2 Å². The quantitative estimate of drug-likeness (QED) is 0.332. The van der Waals surface area contributed by atoms with E-state index in [-0.39, 0.29) is 25.2 Å². The van der Waals surface area contributed by atoms with Crippen LogP contribution in [0.5, 0.6) is 0 Å². The summed E-state index contributed by atoms with van der Waals surface area (Å²) >= 11 is 0. The second kappa shape index (κ2) is 14.3. The Morgan fingerprint density at radius 1 is 0.919 bits per heavy atom. The van der Waals surface area contributed by atoms with Gasteiger partial charge in [0.05, 0.1) is 12.7 Å². The number of ether oxygens (including phenoxy) is 6. The number of rotatable bonds is 7. The smallest absolute Gasteiger partial charge is 0.420 e. The predicted octanol–water partition coefficient (Wildman–Crippen LogP) is 4.96. The summed E-state index contributed by atoms with van der Waals surface area (Å²) in [6, 6.07) is -1.41. The van der Waals surface area contributed by atoms with Gasteiger partial charge in [-0.15, -0.1) is 0 Å². The molecular formula is C27H49NO9. The minimum Gasteiger partial charge on any atom is -0.458 e. The molecule has 37 heavy (non-hydrogen) atoms. The molecule has 0 aromatic heterocycles. The lowest BCUT2D eigenvalue weighted by Crippen LogP contribution is -2.56. The van der Waals surface area contributed by atoms with Crippen molar-refractivity contribution in [3.05, 3.63) is 0 Å². The maximum absolute atomic E-state index is 13.4. The first-order valence-electron chi connectivity index (χ1n) is 13.2. The molecule has 0 radical (unpaired) electrons. The van der Waals surface area contributed by atoms with Gasteiger partial charge in [0.15, 0.2) is 6.04 Å². The van der Waals surface area contributed by atoms with Crippen molar-refractivity contribution >= 4 is 18.2 Å². The lowest BCUT2D eigenvalue weighted by atomic mass is 10.0. The lowest BCUT2D eigenvalue weighted by molar-refractivity contribution is -0.181. The minimum absolute atomic E-state index is 0.220. The van der Waals surface area contributed by atoms with Crippen LogP contribution in [0.1, 0.15) is 82.6 Å². The molecule has 4 atom stereocenters. The van der Waals surface area contributed by atoms with Crippen LogP contribution < -0.4 is 0 Å². The van der Waals surface area contributed by atoms with Crippen molar-refractivity contribution in [3.8, 4) is 0 Å². The summed E-state index contributed by atoms with van der Waals surface area (Å²) in [5, 5.41) is 0. The summed E-state index contributed by atoms with van der Waals surface area (Å²) in [6.07, 6.45) is -3.23. The molecule has 0 spiro atoms. The molecule has 0 aromatic rings. The first kappa shape index (κ1) is 33.1. The lowest BCUT2D eigenvalue weighted by Gasteiger charge is -2.36. The van der Waals surface area contributed by atoms with Crippen LogP contribution in [0.3, 0.4) is 0 Å². The third kappa shape index (κ3) is 12.5. The fourth-order valence-corrected chi connectivity index (χ4v) is 3.43. The van der Waals surface area contributed by atoms with Gasteiger partial charge in [-0.25, -0.2) is 14.4 Å². The summed E-state index contributed by atoms with van der Waals surface area (Å²) in [5.41, 5.74) is -1.83. The van der Waals surface area contributed by atoms with Gasteiger partial charge in [0.2, 0.25) is 0 Å². The van der Waals surface area contributed by atoms with E-state index in [1.54, 1.807) is 48.5 Å². The molecule has 0 aromatic carbocycles. The normalized spacial score (nSPS) is 24.0. The minimum atomic E-state index is -1.41. The third-order valence-corrected chi connectivity index (χ3v) is 4.98. The molecule has 0 unspecified atom stereocenters. The molecule has 10 nitrogen and oxygen atoms in total. The molecule has 0 aliphatic carbocycles. The Morgan fingerprint density at radius 2 is 1.41 bits per heavy atom. The molecular weight excluding hydrogens is 482 g/mol. The number of amides is 2. The fourth-order valence-electron chi connectivity index (χ4n) is 3.43. The highest BCUT2D eigenvalue weighted by Gasteiger charge is 2.43. The predicted molar refractivity (Wildman–Crippen MR) is 138 cm³/mol. The zero-order valence-corrected chi connectivity index (χ0v) is 24.6. The highest BCUT2D eigenvalue weighted by atomic mass is 16.6. The van der Waals surface area contributed by atoms with Crippen LogP contribution in [0, 0.1) is 11.8 Å². The Morgan fingerprint density at radius 3 is 1.86 bits per heavy atom. The molecule has 1 saturated heterocycles. The monoisotopic (exact) mass is 531 g/mol. The van der Waals surface area contributed by atoms with Crippen LogP contribution in [0.25, 0.3) is 0 Å². The summed E-state index contributed by atoms with van der Waals surface area (Å²) in [5.74, 6) is -0.268. The topological polar surface area (TPSA) is 110 Å². The van der Waals surface area contributed by atoms with E-state index in [2.05, 4.69) is 13.8 Å². The van der Waals surface area contributed by atoms with E-state index in [0.717, 1.165) is 0 Å². The summed E-state index contributed by atoms with van der Waals surface area (Å²) in [7, 11) is 0. The van der Waals surface area contributed by atoms with E-state index >= 15 is 0 Å². The molecule has 1 heterocycles. The number of hydrogen-bond donors (Lipinski definition) is 0. The summed E-state index contributed by atoms with van der Waals surface area (Å²) in [4.78, 5) is 40.3. The van der Waals surface area contributed by atoms with E-state index in [1.807, 2.05) is 13.8 Å². The van der Waals surface area contributed by atoms with Crippen molar-refractivity contribution in [2.24, 2.45) is 11.8 Å². The maximum Gasteiger partial charge on any atom is 0.420 e. The number of esters is 1. The highest BCUT2D eigenvalue weighted by Crippen LogP contribution is 2.23. The molecule has 0 saturated carbocycles. The molecule has 1 aliphatic rings. The van der Waals surface area contributed by atoms with E-state index in [4.69, 9.17) is 28.4 Å². The zero-order valence-electron chi connectivity index (χ0n) is 24.6. The molecule has 0 bridgehead atoms. The molecule has 216 valence electrons. The Hall–Kier alpha value is -1.91. The van der Waals surface area contributed by atoms with Crippen LogP contribution >= 0.6 is 0 Å². The van der Waals surface area contributed by atoms with Gasteiger partial charge in [0.25, 0.3) is 0 Å². The highest BCUT2D eigenvalue weighted by molar-refractivity contribution is 5.94. The third-order valence-electron chi connectivity index (χ3n) is 4.98. The van der Waals surface area contributed by atoms with Gasteiger partial charge in [0, 0.05) is 19.8 Å². The molecule has 1 rings (SSSR count). The Kier molecular flexibility index (Phi) is 12.8. The largest absolute Gasteiger partial charge is 0.458 e. The summed E-state index contributed by atoms with van der Waals surface area (Å²) < 4.78 is 34.7. The van der Waals surface area contributed by atoms with Crippen LogP contribution in [0.4, 0.5) is 9.59 Å². The van der Waals surface area contributed by atoms with Gasteiger partial charge >= 0.3 is 18.2 Å². The second-order valence-corrected chi connectivity index (χ2v) is 12.3. The molecule has 2 amide bonds. The Labute approximate surface area is 222 Å². The van der Waals surface area contributed by atoms with E-state index < -0.39 is 47.6 Å². The Balaban J connectivity index is 3.30. The average Bonchev–Trinajstić information content (AvgIpc) is 2.69. The van der Waals surface area contributed by atoms with Crippen molar-refractivity contribution in [1.82, 2.24) is 4.90 Å². The second-order valence-electron chi connectivity index (χ2n) is 12.3. The van der Waals surface area contributed by atoms with Gasteiger partial charge in [-0.2, -0.15) is 4.90 Å². The Bertz CT molecular complexity index is 711. The standard InChI is InChI=1S/C27H49NO9/c1-17(2)14-33-21-12-13-32-16-20(23(29)35-19(5)22(21)34-15-18(3)4)28(24(30)36-26(6,7)8)25(31)37-27(9,10)11/h17-22H,12-16H2,1-11H3/t19-,20-,21-,22-/m0/s1. The van der Waals surface area contributed by atoms with Gasteiger partial charge < -0.3 is 28.4 Å². The molecule has 10 heteroatoms. The maximum atomic E-state index is 13.4. The van der Waals surface area contributed by atoms with Gasteiger partial charge in [-0.1, -0.05) is 27.7 Å². The van der Waals surface area contributed by atoms with Crippen molar-refractivity contribution in [1.29, 1.82) is 0 Å². The number of carbonyl (C=O) groups is 3. The first-order valence-corrected chi connectivity index (χ1v) is 13.2. The van der Waals surface area contributed by atoms with Crippen LogP contribution in [0.15, 0.2) is 0 Å². The molecule has 0 N–H and O–H groups in total. The van der Waals surface area contributed by atoms with Crippen molar-refractivity contribution in [2.45, 2.75) is 118 Å². The number of hydrogen-bond acceptors (Lipinski definition) is 9. The number of carbonyl (C=O) groups excluding carboxylic acids is 3. The molecule has 1 aliphatic heterocycles. The van der Waals surface area contributed by atoms with E-state index in [9.17, 15) is 14.4 Å². The van der Waals surface area contributed by atoms with Crippen molar-refractivity contribution < 1.29 is 42.8 Å². The fraction of sp³-hybridized carbons (Fsp3) is 0.889. The molecule has 1 fully saturated rings. The number of nitrogens with zero attached hydrogens (tertiary/aromatic N) is 1. The summed E-state index contributed by atoms with van der Waals surface area (Å²) in [6.45, 7) is 20.8. The number of imide groups is 1. The average molecular weight is 532 g/mol. The van der Waals surface area contributed by atoms with Crippen LogP contribution in [-0.4, -0.2) is 85.0 Å². The van der Waals surface area contributed by atoms with Crippen LogP contribution in [0.2, 0.25) is 0 Å². The SMILES string of the molecule is CC(C)CO[C@H]1[C@H](C)OC(=O)[C@@H](N(C(=O)OC(C)(C)C)C(=O)OC(C)(C)C)COCC[C@@H]1OCC(C)C. The van der Waals surface area contributed by atoms with Gasteiger partial charge in [-0.3, -0.25) is 0 Å². The van der Waals surface area contributed by atoms with E-state index in [0.29, 0.717) is 30.5 Å². The number of cyclic esters (lactones) is 1. The van der Waals surface area contributed by atoms with Crippen molar-refractivity contribution in [2.75, 3.05) is 26.4 Å². The zero-order chi connectivity index (χ0) is 28.6. The van der Waals surface area contributed by atoms with E-state index in [1.165, 1.54) is 0 Å².